The molecular formula is C22H28N2O4. The molecule has 1 unspecified atom stereocenters. The van der Waals surface area contributed by atoms with Crippen LogP contribution in [-0.2, 0) is 27.3 Å². The maximum atomic E-state index is 12.9. The van der Waals surface area contributed by atoms with Crippen molar-refractivity contribution in [3.05, 3.63) is 65.7 Å². The van der Waals surface area contributed by atoms with Gasteiger partial charge in [0.25, 0.3) is 0 Å². The number of rotatable bonds is 10. The number of hydrogen-bond acceptors (Lipinski definition) is 4. The third kappa shape index (κ3) is 6.39. The Morgan fingerprint density at radius 2 is 1.68 bits per heavy atom. The van der Waals surface area contributed by atoms with Crippen molar-refractivity contribution in [3.8, 4) is 5.75 Å². The minimum absolute atomic E-state index is 0.154. The number of amides is 2. The quantitative estimate of drug-likeness (QED) is 0.639. The first-order chi connectivity index (χ1) is 13.5. The summed E-state index contributed by atoms with van der Waals surface area (Å²) in [5, 5.41) is 2.87. The summed E-state index contributed by atoms with van der Waals surface area (Å²) in [6.45, 7) is 2.65. The fraction of sp³-hybridized carbons (Fsp3) is 0.364. The lowest BCUT2D eigenvalue weighted by molar-refractivity contribution is -0.139. The molecule has 2 amide bonds. The number of methoxy groups -OCH3 is 2. The molecule has 0 aliphatic rings. The molecule has 0 aliphatic carbocycles. The van der Waals surface area contributed by atoms with E-state index in [2.05, 4.69) is 5.32 Å². The van der Waals surface area contributed by atoms with Gasteiger partial charge in [0.1, 0.15) is 11.8 Å². The Hall–Kier alpha value is -2.86. The smallest absolute Gasteiger partial charge is 0.243 e. The van der Waals surface area contributed by atoms with Crippen molar-refractivity contribution in [3.63, 3.8) is 0 Å². The molecule has 0 saturated heterocycles. The zero-order valence-electron chi connectivity index (χ0n) is 16.7. The van der Waals surface area contributed by atoms with E-state index in [0.717, 1.165) is 16.9 Å². The van der Waals surface area contributed by atoms with Crippen LogP contribution in [0.2, 0.25) is 0 Å². The molecule has 0 heterocycles. The Bertz CT molecular complexity index is 747. The molecule has 0 spiro atoms. The van der Waals surface area contributed by atoms with Crippen molar-refractivity contribution >= 4 is 11.8 Å². The van der Waals surface area contributed by atoms with Gasteiger partial charge < -0.3 is 19.7 Å². The molecule has 28 heavy (non-hydrogen) atoms. The summed E-state index contributed by atoms with van der Waals surface area (Å²) >= 11 is 0. The van der Waals surface area contributed by atoms with Gasteiger partial charge in [0.2, 0.25) is 11.8 Å². The van der Waals surface area contributed by atoms with E-state index in [1.165, 1.54) is 6.92 Å². The molecule has 0 fully saturated rings. The van der Waals surface area contributed by atoms with Gasteiger partial charge in [-0.1, -0.05) is 42.5 Å². The van der Waals surface area contributed by atoms with E-state index in [9.17, 15) is 9.59 Å². The van der Waals surface area contributed by atoms with Crippen LogP contribution >= 0.6 is 0 Å². The van der Waals surface area contributed by atoms with Gasteiger partial charge in [0, 0.05) is 33.5 Å². The fourth-order valence-corrected chi connectivity index (χ4v) is 2.94. The highest BCUT2D eigenvalue weighted by molar-refractivity contribution is 5.87. The monoisotopic (exact) mass is 384 g/mol. The molecule has 0 bridgehead atoms. The Balaban J connectivity index is 2.23. The summed E-state index contributed by atoms with van der Waals surface area (Å²) in [4.78, 5) is 26.9. The van der Waals surface area contributed by atoms with E-state index in [4.69, 9.17) is 9.47 Å². The van der Waals surface area contributed by atoms with Crippen LogP contribution in [-0.4, -0.2) is 50.1 Å². The van der Waals surface area contributed by atoms with Gasteiger partial charge in [-0.25, -0.2) is 0 Å². The van der Waals surface area contributed by atoms with Gasteiger partial charge in [0.05, 0.1) is 13.7 Å². The Labute approximate surface area is 166 Å². The van der Waals surface area contributed by atoms with Crippen LogP contribution in [0.4, 0.5) is 0 Å². The predicted molar refractivity (Wildman–Crippen MR) is 108 cm³/mol. The van der Waals surface area contributed by atoms with E-state index < -0.39 is 6.04 Å². The second-order valence-electron chi connectivity index (χ2n) is 6.48. The van der Waals surface area contributed by atoms with Gasteiger partial charge >= 0.3 is 0 Å². The van der Waals surface area contributed by atoms with Crippen molar-refractivity contribution in [2.75, 3.05) is 27.4 Å². The molecule has 2 aromatic rings. The number of carbonyl (C=O) groups is 2. The number of hydrogen-bond donors (Lipinski definition) is 1. The second kappa shape index (κ2) is 11.1. The average molecular weight is 384 g/mol. The highest BCUT2D eigenvalue weighted by Crippen LogP contribution is 2.17. The van der Waals surface area contributed by atoms with Gasteiger partial charge in [-0.15, -0.1) is 0 Å². The van der Waals surface area contributed by atoms with Gasteiger partial charge in [0.15, 0.2) is 0 Å². The van der Waals surface area contributed by atoms with Crippen molar-refractivity contribution in [1.82, 2.24) is 10.2 Å². The lowest BCUT2D eigenvalue weighted by atomic mass is 10.0. The minimum Gasteiger partial charge on any atom is -0.497 e. The number of nitrogens with one attached hydrogen (secondary N) is 1. The predicted octanol–water partition coefficient (Wildman–Crippen LogP) is 2.42. The molecule has 0 aromatic heterocycles. The summed E-state index contributed by atoms with van der Waals surface area (Å²) in [5.41, 5.74) is 1.93. The molecule has 0 saturated carbocycles. The molecule has 2 rings (SSSR count). The Kier molecular flexibility index (Phi) is 8.49. The fourth-order valence-electron chi connectivity index (χ4n) is 2.94. The molecule has 0 aliphatic heterocycles. The van der Waals surface area contributed by atoms with E-state index in [-0.39, 0.29) is 11.8 Å². The third-order valence-electron chi connectivity index (χ3n) is 4.47. The van der Waals surface area contributed by atoms with Crippen molar-refractivity contribution < 1.29 is 19.1 Å². The Morgan fingerprint density at radius 1 is 1.00 bits per heavy atom. The van der Waals surface area contributed by atoms with E-state index in [1.54, 1.807) is 19.1 Å². The molecule has 150 valence electrons. The normalized spacial score (nSPS) is 11.5. The molecule has 0 radical (unpaired) electrons. The first-order valence-electron chi connectivity index (χ1n) is 9.26. The average Bonchev–Trinajstić information content (AvgIpc) is 2.71. The van der Waals surface area contributed by atoms with Crippen molar-refractivity contribution in [1.29, 1.82) is 0 Å². The molecule has 6 nitrogen and oxygen atoms in total. The van der Waals surface area contributed by atoms with Gasteiger partial charge in [-0.2, -0.15) is 0 Å². The summed E-state index contributed by atoms with van der Waals surface area (Å²) in [6.07, 6.45) is 0.440. The highest BCUT2D eigenvalue weighted by atomic mass is 16.5. The van der Waals surface area contributed by atoms with Crippen LogP contribution < -0.4 is 10.1 Å². The van der Waals surface area contributed by atoms with Crippen LogP contribution in [0.3, 0.4) is 0 Å². The third-order valence-corrected chi connectivity index (χ3v) is 4.47. The first kappa shape index (κ1) is 21.4. The topological polar surface area (TPSA) is 67.9 Å². The maximum Gasteiger partial charge on any atom is 0.243 e. The zero-order valence-corrected chi connectivity index (χ0v) is 16.7. The number of ether oxygens (including phenoxy) is 2. The van der Waals surface area contributed by atoms with E-state index in [1.807, 2.05) is 54.6 Å². The molecular weight excluding hydrogens is 356 g/mol. The van der Waals surface area contributed by atoms with Crippen LogP contribution in [0, 0.1) is 0 Å². The van der Waals surface area contributed by atoms with E-state index >= 15 is 0 Å². The SMILES string of the molecule is COCCNC(=O)C(Cc1ccccc1)N(Cc1ccc(OC)cc1)C(C)=O. The molecule has 1 N–H and O–H groups in total. The maximum absolute atomic E-state index is 12.9. The summed E-state index contributed by atoms with van der Waals surface area (Å²) in [5.74, 6) is 0.402. The lowest BCUT2D eigenvalue weighted by Crippen LogP contribution is -2.50. The molecule has 2 aromatic carbocycles. The number of carbonyl (C=O) groups excluding carboxylic acids is 2. The standard InChI is InChI=1S/C22H28N2O4/c1-17(25)24(16-19-9-11-20(28-3)12-10-19)21(22(26)23-13-14-27-2)15-18-7-5-4-6-8-18/h4-12,21H,13-16H2,1-3H3,(H,23,26). The van der Waals surface area contributed by atoms with Crippen molar-refractivity contribution in [2.45, 2.75) is 25.9 Å². The number of nitrogens with zero attached hydrogens (tertiary/aromatic N) is 1. The summed E-state index contributed by atoms with van der Waals surface area (Å²) < 4.78 is 10.2. The highest BCUT2D eigenvalue weighted by Gasteiger charge is 2.28. The first-order valence-corrected chi connectivity index (χ1v) is 9.26. The van der Waals surface area contributed by atoms with E-state index in [0.29, 0.717) is 26.1 Å². The minimum atomic E-state index is -0.612. The zero-order chi connectivity index (χ0) is 20.4. The van der Waals surface area contributed by atoms with Crippen LogP contribution in [0.1, 0.15) is 18.1 Å². The summed E-state index contributed by atoms with van der Waals surface area (Å²) in [7, 11) is 3.19. The van der Waals surface area contributed by atoms with Crippen LogP contribution in [0.15, 0.2) is 54.6 Å². The second-order valence-corrected chi connectivity index (χ2v) is 6.48. The van der Waals surface area contributed by atoms with Gasteiger partial charge in [-0.05, 0) is 23.3 Å². The largest absolute Gasteiger partial charge is 0.497 e. The molecule has 1 atom stereocenters. The van der Waals surface area contributed by atoms with Gasteiger partial charge in [-0.3, -0.25) is 9.59 Å². The molecule has 6 heteroatoms. The van der Waals surface area contributed by atoms with Crippen LogP contribution in [0.25, 0.3) is 0 Å². The lowest BCUT2D eigenvalue weighted by Gasteiger charge is -2.30. The summed E-state index contributed by atoms with van der Waals surface area (Å²) in [6, 6.07) is 16.6. The number of benzene rings is 2. The Morgan fingerprint density at radius 3 is 2.25 bits per heavy atom. The van der Waals surface area contributed by atoms with Crippen LogP contribution in [0.5, 0.6) is 5.75 Å². The van der Waals surface area contributed by atoms with Crippen molar-refractivity contribution in [2.24, 2.45) is 0 Å².